The molecule has 3 amide bonds. The summed E-state index contributed by atoms with van der Waals surface area (Å²) >= 11 is 19.6. The number of ketones is 1. The van der Waals surface area contributed by atoms with Gasteiger partial charge in [-0.3, -0.25) is 19.2 Å². The van der Waals surface area contributed by atoms with E-state index in [1.54, 1.807) is 24.3 Å². The minimum Gasteiger partial charge on any atom is -0.423 e. The molecule has 6 atom stereocenters. The number of benzene rings is 3. The minimum absolute atomic E-state index is 0.00456. The van der Waals surface area contributed by atoms with Crippen molar-refractivity contribution < 1.29 is 28.7 Å². The van der Waals surface area contributed by atoms with E-state index >= 15 is 0 Å². The lowest BCUT2D eigenvalue weighted by Gasteiger charge is -2.31. The molecule has 8 nitrogen and oxygen atoms in total. The van der Waals surface area contributed by atoms with Gasteiger partial charge in [0.05, 0.1) is 27.4 Å². The first kappa shape index (κ1) is 31.0. The lowest BCUT2D eigenvalue weighted by molar-refractivity contribution is -0.154. The maximum Gasteiger partial charge on any atom is 0.343 e. The summed E-state index contributed by atoms with van der Waals surface area (Å²) in [7, 11) is 0. The number of carbonyl (C=O) groups excluding carboxylic acids is 5. The van der Waals surface area contributed by atoms with Crippen molar-refractivity contribution in [2.24, 2.45) is 23.7 Å². The van der Waals surface area contributed by atoms with Gasteiger partial charge in [0.15, 0.2) is 5.78 Å². The van der Waals surface area contributed by atoms with Crippen LogP contribution in [0.15, 0.2) is 66.7 Å². The van der Waals surface area contributed by atoms with Gasteiger partial charge in [-0.05, 0) is 79.8 Å². The van der Waals surface area contributed by atoms with Crippen LogP contribution in [0.2, 0.25) is 10.0 Å². The lowest BCUT2D eigenvalue weighted by Crippen LogP contribution is -2.52. The zero-order valence-electron chi connectivity index (χ0n) is 23.1. The Kier molecular flexibility index (Phi) is 8.47. The molecular formula is C32H24Br2Cl2N2O6. The molecule has 1 aliphatic heterocycles. The molecule has 0 aromatic heterocycles. The summed E-state index contributed by atoms with van der Waals surface area (Å²) in [5.74, 6) is -3.96. The second-order valence-corrected chi connectivity index (χ2v) is 14.1. The number of aryl methyl sites for hydroxylation is 1. The summed E-state index contributed by atoms with van der Waals surface area (Å²) in [6.45, 7) is 1.32. The van der Waals surface area contributed by atoms with Gasteiger partial charge in [-0.1, -0.05) is 72.8 Å². The monoisotopic (exact) mass is 760 g/mol. The summed E-state index contributed by atoms with van der Waals surface area (Å²) in [6.07, 6.45) is 0.715. The van der Waals surface area contributed by atoms with Crippen molar-refractivity contribution in [3.05, 3.63) is 99.0 Å². The predicted molar refractivity (Wildman–Crippen MR) is 170 cm³/mol. The number of nitrogens with zero attached hydrogens (tertiary/aromatic N) is 2. The highest BCUT2D eigenvalue weighted by Gasteiger charge is 2.67. The van der Waals surface area contributed by atoms with Crippen LogP contribution in [0, 0.1) is 30.6 Å². The molecule has 226 valence electrons. The van der Waals surface area contributed by atoms with Crippen LogP contribution in [0.4, 0.5) is 0 Å². The first-order valence-corrected chi connectivity index (χ1v) is 16.4. The van der Waals surface area contributed by atoms with Gasteiger partial charge >= 0.3 is 5.97 Å². The van der Waals surface area contributed by atoms with Crippen LogP contribution in [-0.2, 0) is 9.59 Å². The Morgan fingerprint density at radius 2 is 1.36 bits per heavy atom. The second-order valence-electron chi connectivity index (χ2n) is 11.2. The Morgan fingerprint density at radius 1 is 0.818 bits per heavy atom. The molecule has 44 heavy (non-hydrogen) atoms. The molecule has 1 saturated heterocycles. The number of imide groups is 1. The number of hydrogen-bond acceptors (Lipinski definition) is 6. The van der Waals surface area contributed by atoms with E-state index < -0.39 is 47.9 Å². The normalized spacial score (nSPS) is 25.2. The number of fused-ring (bicyclic) bond motifs is 5. The molecule has 3 fully saturated rings. The van der Waals surface area contributed by atoms with Crippen molar-refractivity contribution in [1.29, 1.82) is 0 Å². The van der Waals surface area contributed by atoms with Gasteiger partial charge in [0.1, 0.15) is 12.3 Å². The number of amides is 3. The van der Waals surface area contributed by atoms with E-state index in [1.807, 2.05) is 6.92 Å². The Morgan fingerprint density at radius 3 is 1.93 bits per heavy atom. The third-order valence-corrected chi connectivity index (χ3v) is 12.5. The molecule has 3 aliphatic rings. The highest BCUT2D eigenvalue weighted by Crippen LogP contribution is 2.60. The van der Waals surface area contributed by atoms with Crippen molar-refractivity contribution in [3.8, 4) is 5.75 Å². The van der Waals surface area contributed by atoms with E-state index in [0.717, 1.165) is 15.6 Å². The standard InChI is InChI=1S/C32H24Br2Cl2N2O6/c1-15-2-4-17(5-3-15)32(43)44-19-9-6-16(7-10-19)24(39)14-37(29(40)18-8-11-22(35)23(36)12-18)38-30(41)25-20-13-21(26(25)31(38)42)28(34)27(20)33/h2-12,20-21,25-28H,13-14H2,1H3/t20-,21-,25-,26-,27-,28+/m1/s1. The van der Waals surface area contributed by atoms with Crippen LogP contribution in [0.25, 0.3) is 0 Å². The molecule has 12 heteroatoms. The van der Waals surface area contributed by atoms with E-state index in [4.69, 9.17) is 27.9 Å². The average molecular weight is 763 g/mol. The van der Waals surface area contributed by atoms with Crippen LogP contribution in [0.5, 0.6) is 5.75 Å². The molecule has 0 spiro atoms. The van der Waals surface area contributed by atoms with Crippen LogP contribution < -0.4 is 4.74 Å². The van der Waals surface area contributed by atoms with Gasteiger partial charge in [-0.15, -0.1) is 0 Å². The van der Waals surface area contributed by atoms with Gasteiger partial charge in [-0.25, -0.2) is 9.80 Å². The molecule has 0 unspecified atom stereocenters. The zero-order valence-corrected chi connectivity index (χ0v) is 27.8. The highest BCUT2D eigenvalue weighted by atomic mass is 79.9. The fourth-order valence-corrected chi connectivity index (χ4v) is 8.55. The Hall–Kier alpha value is -3.05. The molecule has 0 N–H and O–H groups in total. The second kappa shape index (κ2) is 12.0. The maximum atomic E-state index is 13.9. The molecule has 1 heterocycles. The molecule has 2 saturated carbocycles. The fourth-order valence-electron chi connectivity index (χ4n) is 6.37. The van der Waals surface area contributed by atoms with E-state index in [1.165, 1.54) is 42.5 Å². The number of alkyl halides is 2. The molecule has 0 radical (unpaired) electrons. The summed E-state index contributed by atoms with van der Waals surface area (Å²) in [6, 6.07) is 16.9. The van der Waals surface area contributed by atoms with Gasteiger partial charge in [0.25, 0.3) is 17.7 Å². The van der Waals surface area contributed by atoms with Crippen molar-refractivity contribution in [2.75, 3.05) is 6.54 Å². The first-order chi connectivity index (χ1) is 21.0. The number of rotatable bonds is 7. The summed E-state index contributed by atoms with van der Waals surface area (Å²) in [5.41, 5.74) is 1.63. The quantitative estimate of drug-likeness (QED) is 0.0892. The van der Waals surface area contributed by atoms with E-state index in [9.17, 15) is 24.0 Å². The lowest BCUT2D eigenvalue weighted by atomic mass is 9.81. The van der Waals surface area contributed by atoms with Crippen molar-refractivity contribution in [3.63, 3.8) is 0 Å². The van der Waals surface area contributed by atoms with Crippen molar-refractivity contribution >= 4 is 84.5 Å². The SMILES string of the molecule is Cc1ccc(C(=O)Oc2ccc(C(=O)CN(C(=O)c3ccc(Cl)c(Cl)c3)N3C(=O)[C@@H]4[C@H]5C[C@@H]([C@@H](Br)[C@H]5Br)[C@H]4C3=O)cc2)cc1. The molecule has 3 aromatic carbocycles. The third kappa shape index (κ3) is 5.40. The van der Waals surface area contributed by atoms with Crippen LogP contribution >= 0.6 is 55.1 Å². The highest BCUT2D eigenvalue weighted by molar-refractivity contribution is 9.12. The molecule has 2 bridgehead atoms. The topological polar surface area (TPSA) is 101 Å². The van der Waals surface area contributed by atoms with Crippen LogP contribution in [0.1, 0.15) is 43.1 Å². The Bertz CT molecular complexity index is 1670. The number of Topliss-reactive ketones (excluding diaryl/α,β-unsaturated/α-hetero) is 1. The number of ether oxygens (including phenoxy) is 1. The molecular weight excluding hydrogens is 739 g/mol. The Balaban J connectivity index is 1.26. The van der Waals surface area contributed by atoms with Gasteiger partial charge in [-0.2, -0.15) is 5.01 Å². The van der Waals surface area contributed by atoms with E-state index in [0.29, 0.717) is 12.0 Å². The number of carbonyl (C=O) groups is 5. The summed E-state index contributed by atoms with van der Waals surface area (Å²) in [5, 5.41) is 2.08. The zero-order chi connectivity index (χ0) is 31.4. The van der Waals surface area contributed by atoms with Gasteiger partial charge in [0, 0.05) is 20.8 Å². The minimum atomic E-state index is -0.750. The Labute approximate surface area is 279 Å². The predicted octanol–water partition coefficient (Wildman–Crippen LogP) is 6.54. The van der Waals surface area contributed by atoms with Crippen molar-refractivity contribution in [2.45, 2.75) is 23.0 Å². The average Bonchev–Trinajstić information content (AvgIpc) is 3.62. The first-order valence-electron chi connectivity index (χ1n) is 13.8. The van der Waals surface area contributed by atoms with Crippen LogP contribution in [0.3, 0.4) is 0 Å². The third-order valence-electron chi connectivity index (χ3n) is 8.57. The molecule has 3 aromatic rings. The number of hydrogen-bond donors (Lipinski definition) is 0. The van der Waals surface area contributed by atoms with Gasteiger partial charge < -0.3 is 4.74 Å². The van der Waals surface area contributed by atoms with E-state index in [2.05, 4.69) is 31.9 Å². The molecule has 6 rings (SSSR count). The van der Waals surface area contributed by atoms with Crippen LogP contribution in [-0.4, -0.2) is 55.7 Å². The van der Waals surface area contributed by atoms with Crippen molar-refractivity contribution in [1.82, 2.24) is 10.0 Å². The summed E-state index contributed by atoms with van der Waals surface area (Å²) < 4.78 is 5.42. The smallest absolute Gasteiger partial charge is 0.343 e. The number of hydrazine groups is 1. The maximum absolute atomic E-state index is 13.9. The number of halogens is 4. The summed E-state index contributed by atoms with van der Waals surface area (Å²) in [4.78, 5) is 67.5. The van der Waals surface area contributed by atoms with E-state index in [-0.39, 0.29) is 48.4 Å². The number of esters is 1. The molecule has 2 aliphatic carbocycles. The van der Waals surface area contributed by atoms with Gasteiger partial charge in [0.2, 0.25) is 0 Å². The largest absolute Gasteiger partial charge is 0.423 e. The fraction of sp³-hybridized carbons (Fsp3) is 0.281.